The largest absolute Gasteiger partial charge is 0.537 e. The summed E-state index contributed by atoms with van der Waals surface area (Å²) in [6.07, 6.45) is -15.1. The SMILES string of the molecule is O.O.O=C1OP(OC(=O)C(O)C(O)C(=O)OP2OC(=O)C(O)C(O)C(=O)O2)OC(=O)C(O)C1O. The molecule has 0 aliphatic carbocycles. The van der Waals surface area contributed by atoms with E-state index < -0.39 is 89.6 Å². The van der Waals surface area contributed by atoms with Gasteiger partial charge in [-0.25, -0.2) is 28.8 Å². The van der Waals surface area contributed by atoms with Crippen LogP contribution in [0.2, 0.25) is 0 Å². The van der Waals surface area contributed by atoms with Crippen LogP contribution in [-0.4, -0.2) is 114 Å². The number of aliphatic hydroxyl groups excluding tert-OH is 6. The maximum absolute atomic E-state index is 11.8. The quantitative estimate of drug-likeness (QED) is 0.176. The van der Waals surface area contributed by atoms with E-state index in [1.807, 2.05) is 0 Å². The Morgan fingerprint density at radius 1 is 0.618 bits per heavy atom. The lowest BCUT2D eigenvalue weighted by Crippen LogP contribution is -2.41. The summed E-state index contributed by atoms with van der Waals surface area (Å²) in [4.78, 5) is 69.2. The zero-order valence-electron chi connectivity index (χ0n) is 15.9. The summed E-state index contributed by atoms with van der Waals surface area (Å²) < 4.78 is 25.6. The number of carbonyl (C=O) groups excluding carboxylic acids is 6. The van der Waals surface area contributed by atoms with Crippen molar-refractivity contribution in [3.05, 3.63) is 0 Å². The molecule has 0 bridgehead atoms. The first kappa shape index (κ1) is 31.4. The van der Waals surface area contributed by atoms with Crippen molar-refractivity contribution in [2.75, 3.05) is 0 Å². The fourth-order valence-electron chi connectivity index (χ4n) is 1.65. The van der Waals surface area contributed by atoms with E-state index in [0.29, 0.717) is 0 Å². The Morgan fingerprint density at radius 3 is 1.03 bits per heavy atom. The van der Waals surface area contributed by atoms with Gasteiger partial charge in [0, 0.05) is 0 Å². The molecule has 2 rings (SSSR count). The predicted molar refractivity (Wildman–Crippen MR) is 93.7 cm³/mol. The molecule has 0 saturated carbocycles. The van der Waals surface area contributed by atoms with Crippen molar-refractivity contribution in [2.45, 2.75) is 36.6 Å². The van der Waals surface area contributed by atoms with Crippen LogP contribution >= 0.6 is 17.2 Å². The average molecular weight is 542 g/mol. The number of aliphatic hydroxyl groups is 6. The van der Waals surface area contributed by atoms with Crippen molar-refractivity contribution < 1.29 is 97.5 Å². The molecule has 2 aliphatic rings. The number of carbonyl (C=O) groups is 6. The van der Waals surface area contributed by atoms with Crippen LogP contribution in [0.1, 0.15) is 0 Å². The Kier molecular flexibility index (Phi) is 11.7. The van der Waals surface area contributed by atoms with Gasteiger partial charge in [-0.15, -0.1) is 0 Å². The molecule has 2 aliphatic heterocycles. The lowest BCUT2D eigenvalue weighted by molar-refractivity contribution is -0.164. The second-order valence-electron chi connectivity index (χ2n) is 5.58. The molecule has 194 valence electrons. The molecular weight excluding hydrogens is 526 g/mol. The number of rotatable bonds is 5. The molecule has 6 unspecified atom stereocenters. The van der Waals surface area contributed by atoms with Crippen molar-refractivity contribution in [3.8, 4) is 0 Å². The van der Waals surface area contributed by atoms with Gasteiger partial charge in [-0.3, -0.25) is 0 Å². The lowest BCUT2D eigenvalue weighted by atomic mass is 10.2. The summed E-state index contributed by atoms with van der Waals surface area (Å²) in [5.41, 5.74) is 0. The maximum atomic E-state index is 11.8. The van der Waals surface area contributed by atoms with Gasteiger partial charge in [-0.2, -0.15) is 0 Å². The van der Waals surface area contributed by atoms with Crippen LogP contribution < -0.4 is 0 Å². The standard InChI is InChI=1S/C12H12O18P2.2H2O/c13-1-2(14)8(20)26-31(25-7(1)19)29-11(23)5(17)6(18)12(24)30-32-27-9(21)3(15)4(16)10(22)28-32;;/h1-6,13-18H;2*1H2. The van der Waals surface area contributed by atoms with Crippen LogP contribution in [0.15, 0.2) is 0 Å². The second kappa shape index (κ2) is 12.7. The third kappa shape index (κ3) is 7.18. The molecule has 0 spiro atoms. The topological polar surface area (TPSA) is 342 Å². The molecule has 0 aromatic rings. The minimum atomic E-state index is -3.27. The summed E-state index contributed by atoms with van der Waals surface area (Å²) in [7, 11) is -6.54. The Bertz CT molecular complexity index is 705. The highest BCUT2D eigenvalue weighted by atomic mass is 31.2. The summed E-state index contributed by atoms with van der Waals surface area (Å²) in [6, 6.07) is 0. The van der Waals surface area contributed by atoms with Crippen molar-refractivity contribution in [1.82, 2.24) is 0 Å². The van der Waals surface area contributed by atoms with Crippen molar-refractivity contribution in [1.29, 1.82) is 0 Å². The molecule has 20 nitrogen and oxygen atoms in total. The Hall–Kier alpha value is -2.64. The second-order valence-corrected chi connectivity index (χ2v) is 7.57. The summed E-state index contributed by atoms with van der Waals surface area (Å²) >= 11 is 0. The highest BCUT2D eigenvalue weighted by molar-refractivity contribution is 7.44. The first-order valence-electron chi connectivity index (χ1n) is 7.83. The van der Waals surface area contributed by atoms with E-state index in [4.69, 9.17) is 0 Å². The molecule has 6 atom stereocenters. The molecule has 0 aromatic carbocycles. The van der Waals surface area contributed by atoms with Gasteiger partial charge in [0.05, 0.1) is 0 Å². The van der Waals surface area contributed by atoms with Crippen molar-refractivity contribution in [3.63, 3.8) is 0 Å². The highest BCUT2D eigenvalue weighted by Gasteiger charge is 2.47. The van der Waals surface area contributed by atoms with E-state index in [1.165, 1.54) is 0 Å². The molecule has 2 saturated heterocycles. The predicted octanol–water partition coefficient (Wildman–Crippen LogP) is -6.76. The molecule has 10 N–H and O–H groups in total. The molecule has 0 amide bonds. The fourth-order valence-corrected chi connectivity index (χ4v) is 3.40. The van der Waals surface area contributed by atoms with Gasteiger partial charge < -0.3 is 68.7 Å². The zero-order chi connectivity index (χ0) is 24.3. The van der Waals surface area contributed by atoms with Crippen LogP contribution in [-0.2, 0) is 55.9 Å². The van der Waals surface area contributed by atoms with Gasteiger partial charge in [0.2, 0.25) is 0 Å². The summed E-state index contributed by atoms with van der Waals surface area (Å²) in [5.74, 6) is -10.4. The fraction of sp³-hybridized carbons (Fsp3) is 0.500. The Morgan fingerprint density at radius 2 is 0.824 bits per heavy atom. The first-order valence-corrected chi connectivity index (χ1v) is 10.0. The third-order valence-electron chi connectivity index (χ3n) is 3.33. The van der Waals surface area contributed by atoms with Crippen LogP contribution in [0.4, 0.5) is 0 Å². The first-order chi connectivity index (χ1) is 14.8. The van der Waals surface area contributed by atoms with Gasteiger partial charge >= 0.3 is 53.0 Å². The van der Waals surface area contributed by atoms with E-state index in [-0.39, 0.29) is 11.0 Å². The average Bonchev–Trinajstić information content (AvgIpc) is 2.88. The monoisotopic (exact) mass is 542 g/mol. The lowest BCUT2D eigenvalue weighted by Gasteiger charge is -2.18. The van der Waals surface area contributed by atoms with E-state index in [0.717, 1.165) is 0 Å². The molecule has 34 heavy (non-hydrogen) atoms. The third-order valence-corrected chi connectivity index (χ3v) is 5.31. The minimum absolute atomic E-state index is 0. The van der Waals surface area contributed by atoms with Crippen LogP contribution in [0.25, 0.3) is 0 Å². The zero-order valence-corrected chi connectivity index (χ0v) is 17.7. The van der Waals surface area contributed by atoms with E-state index in [9.17, 15) is 59.4 Å². The van der Waals surface area contributed by atoms with Crippen LogP contribution in [0.5, 0.6) is 0 Å². The van der Waals surface area contributed by atoms with E-state index in [2.05, 4.69) is 27.1 Å². The number of hydrogen-bond acceptors (Lipinski definition) is 18. The highest BCUT2D eigenvalue weighted by Crippen LogP contribution is 2.44. The van der Waals surface area contributed by atoms with Gasteiger partial charge in [-0.1, -0.05) is 0 Å². The Labute approximate surface area is 188 Å². The molecule has 22 heteroatoms. The van der Waals surface area contributed by atoms with Gasteiger partial charge in [0.1, 0.15) is 0 Å². The van der Waals surface area contributed by atoms with Crippen molar-refractivity contribution >= 4 is 53.0 Å². The van der Waals surface area contributed by atoms with Crippen LogP contribution in [0, 0.1) is 0 Å². The summed E-state index contributed by atoms with van der Waals surface area (Å²) in [5, 5.41) is 56.4. The van der Waals surface area contributed by atoms with Gasteiger partial charge in [-0.05, 0) is 0 Å². The minimum Gasteiger partial charge on any atom is -0.412 e. The van der Waals surface area contributed by atoms with Crippen LogP contribution in [0.3, 0.4) is 0 Å². The van der Waals surface area contributed by atoms with E-state index >= 15 is 0 Å². The molecule has 2 fully saturated rings. The molecule has 0 aromatic heterocycles. The summed E-state index contributed by atoms with van der Waals surface area (Å²) in [6.45, 7) is 0. The molecule has 0 radical (unpaired) electrons. The van der Waals surface area contributed by atoms with Gasteiger partial charge in [0.25, 0.3) is 0 Å². The Balaban J connectivity index is 0.00000544. The van der Waals surface area contributed by atoms with Crippen molar-refractivity contribution in [2.24, 2.45) is 0 Å². The van der Waals surface area contributed by atoms with E-state index in [1.54, 1.807) is 0 Å². The maximum Gasteiger partial charge on any atom is 0.537 e. The smallest absolute Gasteiger partial charge is 0.412 e. The van der Waals surface area contributed by atoms with Gasteiger partial charge in [0.15, 0.2) is 36.6 Å². The molecule has 2 heterocycles. The normalized spacial score (nSPS) is 30.8. The molecular formula is C12H16O20P2. The number of hydrogen-bond donors (Lipinski definition) is 6.